The van der Waals surface area contributed by atoms with Gasteiger partial charge < -0.3 is 9.73 Å². The molecule has 0 atom stereocenters. The molecule has 0 aliphatic rings. The lowest BCUT2D eigenvalue weighted by Crippen LogP contribution is -2.13. The predicted octanol–water partition coefficient (Wildman–Crippen LogP) is 2.24. The second-order valence-electron chi connectivity index (χ2n) is 3.03. The molecule has 0 radical (unpaired) electrons. The van der Waals surface area contributed by atoms with Crippen molar-refractivity contribution in [3.8, 4) is 0 Å². The lowest BCUT2D eigenvalue weighted by atomic mass is 10.3. The average molecular weight is 210 g/mol. The third-order valence-corrected chi connectivity index (χ3v) is 1.85. The van der Waals surface area contributed by atoms with Crippen LogP contribution in [0.2, 0.25) is 0 Å². The summed E-state index contributed by atoms with van der Waals surface area (Å²) in [5, 5.41) is 13.4. The fourth-order valence-corrected chi connectivity index (χ4v) is 1.12. The molecule has 5 heteroatoms. The molecule has 1 aromatic heterocycles. The maximum atomic E-state index is 10.3. The van der Waals surface area contributed by atoms with Crippen molar-refractivity contribution >= 4 is 5.88 Å². The Hall–Kier alpha value is -1.62. The summed E-state index contributed by atoms with van der Waals surface area (Å²) < 4.78 is 4.97. The first-order valence-corrected chi connectivity index (χ1v) is 4.79. The maximum Gasteiger partial charge on any atom is 0.433 e. The van der Waals surface area contributed by atoms with E-state index in [0.717, 1.165) is 13.0 Å². The molecule has 0 bridgehead atoms. The molecule has 1 N–H and O–H groups in total. The van der Waals surface area contributed by atoms with Crippen molar-refractivity contribution in [2.45, 2.75) is 19.9 Å². The van der Waals surface area contributed by atoms with Gasteiger partial charge in [0.25, 0.3) is 0 Å². The highest BCUT2D eigenvalue weighted by atomic mass is 16.6. The van der Waals surface area contributed by atoms with Crippen LogP contribution < -0.4 is 5.32 Å². The van der Waals surface area contributed by atoms with Crippen molar-refractivity contribution in [3.63, 3.8) is 0 Å². The van der Waals surface area contributed by atoms with E-state index in [1.165, 1.54) is 6.07 Å². The van der Waals surface area contributed by atoms with Crippen LogP contribution in [0.5, 0.6) is 0 Å². The number of furan rings is 1. The molecule has 0 amide bonds. The summed E-state index contributed by atoms with van der Waals surface area (Å²) in [6.45, 7) is 3.32. The Balaban J connectivity index is 2.28. The van der Waals surface area contributed by atoms with E-state index in [1.54, 1.807) is 6.07 Å². The van der Waals surface area contributed by atoms with E-state index >= 15 is 0 Å². The average Bonchev–Trinajstić information content (AvgIpc) is 2.66. The van der Waals surface area contributed by atoms with Gasteiger partial charge in [0.2, 0.25) is 0 Å². The van der Waals surface area contributed by atoms with Crippen molar-refractivity contribution in [2.75, 3.05) is 6.54 Å². The molecule has 5 nitrogen and oxygen atoms in total. The van der Waals surface area contributed by atoms with Gasteiger partial charge in [-0.15, -0.1) is 0 Å². The highest BCUT2D eigenvalue weighted by molar-refractivity contribution is 5.17. The first-order chi connectivity index (χ1) is 7.24. The quantitative estimate of drug-likeness (QED) is 0.338. The van der Waals surface area contributed by atoms with Crippen LogP contribution in [0.4, 0.5) is 5.88 Å². The Morgan fingerprint density at radius 2 is 2.40 bits per heavy atom. The third-order valence-electron chi connectivity index (χ3n) is 1.85. The summed E-state index contributed by atoms with van der Waals surface area (Å²) in [5.74, 6) is 0.377. The first-order valence-electron chi connectivity index (χ1n) is 4.79. The molecule has 0 aliphatic carbocycles. The molecule has 1 heterocycles. The number of nitro groups is 1. The van der Waals surface area contributed by atoms with Crippen LogP contribution in [-0.2, 0) is 6.54 Å². The van der Waals surface area contributed by atoms with E-state index in [1.807, 2.05) is 13.0 Å². The van der Waals surface area contributed by atoms with E-state index in [0.29, 0.717) is 12.3 Å². The molecular formula is C10H14N2O3. The van der Waals surface area contributed by atoms with Crippen molar-refractivity contribution in [1.82, 2.24) is 5.32 Å². The summed E-state index contributed by atoms with van der Waals surface area (Å²) in [6.07, 6.45) is 4.98. The second-order valence-corrected chi connectivity index (χ2v) is 3.03. The van der Waals surface area contributed by atoms with Crippen LogP contribution in [0.25, 0.3) is 0 Å². The van der Waals surface area contributed by atoms with Gasteiger partial charge in [-0.1, -0.05) is 12.2 Å². The zero-order valence-electron chi connectivity index (χ0n) is 8.60. The summed E-state index contributed by atoms with van der Waals surface area (Å²) in [7, 11) is 0. The minimum atomic E-state index is -0.538. The third kappa shape index (κ3) is 3.95. The summed E-state index contributed by atoms with van der Waals surface area (Å²) in [4.78, 5) is 9.77. The van der Waals surface area contributed by atoms with Crippen molar-refractivity contribution in [3.05, 3.63) is 40.2 Å². The highest BCUT2D eigenvalue weighted by Crippen LogP contribution is 2.14. The number of nitrogens with zero attached hydrogens (tertiary/aromatic N) is 1. The van der Waals surface area contributed by atoms with Crippen LogP contribution in [0, 0.1) is 10.1 Å². The number of nitrogens with one attached hydrogen (secondary N) is 1. The number of hydrogen-bond donors (Lipinski definition) is 1. The standard InChI is InChI=1S/C10H14N2O3/c1-2-3-4-7-11-8-9-5-6-10(15-9)12(13)14/h2-3,5-6,11H,4,7-8H2,1H3/b3-2+. The molecular weight excluding hydrogens is 196 g/mol. The number of allylic oxidation sites excluding steroid dienone is 1. The second kappa shape index (κ2) is 5.98. The van der Waals surface area contributed by atoms with E-state index in [-0.39, 0.29) is 5.88 Å². The van der Waals surface area contributed by atoms with Gasteiger partial charge in [-0.3, -0.25) is 10.1 Å². The molecule has 0 saturated heterocycles. The van der Waals surface area contributed by atoms with Gasteiger partial charge in [-0.25, -0.2) is 0 Å². The fourth-order valence-electron chi connectivity index (χ4n) is 1.12. The summed E-state index contributed by atoms with van der Waals surface area (Å²) in [5.41, 5.74) is 0. The highest BCUT2D eigenvalue weighted by Gasteiger charge is 2.10. The SMILES string of the molecule is C/C=C/CCNCc1ccc([N+](=O)[O-])o1. The molecule has 0 fully saturated rings. The van der Waals surface area contributed by atoms with Gasteiger partial charge in [-0.05, 0) is 26.0 Å². The van der Waals surface area contributed by atoms with Crippen molar-refractivity contribution < 1.29 is 9.34 Å². The van der Waals surface area contributed by atoms with E-state index in [2.05, 4.69) is 11.4 Å². The van der Waals surface area contributed by atoms with E-state index in [4.69, 9.17) is 4.42 Å². The molecule has 0 aliphatic heterocycles. The van der Waals surface area contributed by atoms with E-state index < -0.39 is 4.92 Å². The summed E-state index contributed by atoms with van der Waals surface area (Å²) in [6, 6.07) is 2.98. The van der Waals surface area contributed by atoms with Crippen LogP contribution in [0.15, 0.2) is 28.7 Å². The van der Waals surface area contributed by atoms with Gasteiger partial charge in [0.15, 0.2) is 0 Å². The Labute approximate surface area is 87.9 Å². The fraction of sp³-hybridized carbons (Fsp3) is 0.400. The van der Waals surface area contributed by atoms with Crippen LogP contribution >= 0.6 is 0 Å². The van der Waals surface area contributed by atoms with Crippen LogP contribution in [-0.4, -0.2) is 11.5 Å². The Morgan fingerprint density at radius 1 is 1.60 bits per heavy atom. The van der Waals surface area contributed by atoms with Crippen LogP contribution in [0.1, 0.15) is 19.1 Å². The van der Waals surface area contributed by atoms with Crippen LogP contribution in [0.3, 0.4) is 0 Å². The van der Waals surface area contributed by atoms with Crippen molar-refractivity contribution in [2.24, 2.45) is 0 Å². The van der Waals surface area contributed by atoms with Gasteiger partial charge in [0.1, 0.15) is 10.7 Å². The topological polar surface area (TPSA) is 68.3 Å². The molecule has 82 valence electrons. The summed E-state index contributed by atoms with van der Waals surface area (Å²) >= 11 is 0. The number of rotatable bonds is 6. The predicted molar refractivity (Wildman–Crippen MR) is 56.5 cm³/mol. The van der Waals surface area contributed by atoms with Gasteiger partial charge in [0, 0.05) is 0 Å². The van der Waals surface area contributed by atoms with E-state index in [9.17, 15) is 10.1 Å². The normalized spacial score (nSPS) is 11.0. The molecule has 1 aromatic rings. The lowest BCUT2D eigenvalue weighted by Gasteiger charge is -1.98. The first kappa shape index (κ1) is 11.5. The maximum absolute atomic E-state index is 10.3. The molecule has 0 unspecified atom stereocenters. The Kier molecular flexibility index (Phi) is 4.56. The molecule has 0 saturated carbocycles. The minimum Gasteiger partial charge on any atom is -0.404 e. The smallest absolute Gasteiger partial charge is 0.404 e. The number of hydrogen-bond acceptors (Lipinski definition) is 4. The Bertz CT molecular complexity index is 344. The molecule has 1 rings (SSSR count). The van der Waals surface area contributed by atoms with Gasteiger partial charge >= 0.3 is 5.88 Å². The Morgan fingerprint density at radius 3 is 3.00 bits per heavy atom. The minimum absolute atomic E-state index is 0.208. The molecule has 15 heavy (non-hydrogen) atoms. The zero-order valence-corrected chi connectivity index (χ0v) is 8.60. The van der Waals surface area contributed by atoms with Crippen molar-refractivity contribution in [1.29, 1.82) is 0 Å². The zero-order chi connectivity index (χ0) is 11.1. The van der Waals surface area contributed by atoms with Gasteiger partial charge in [-0.2, -0.15) is 0 Å². The molecule has 0 spiro atoms. The largest absolute Gasteiger partial charge is 0.433 e. The monoisotopic (exact) mass is 210 g/mol. The van der Waals surface area contributed by atoms with Gasteiger partial charge in [0.05, 0.1) is 12.6 Å². The molecule has 0 aromatic carbocycles. The lowest BCUT2D eigenvalue weighted by molar-refractivity contribution is -0.402.